The van der Waals surface area contributed by atoms with E-state index in [0.29, 0.717) is 6.61 Å². The normalized spacial score (nSPS) is 10.7. The monoisotopic (exact) mass is 330 g/mol. The number of unbranched alkanes of at least 4 members (excludes halogenated alkanes) is 5. The minimum absolute atomic E-state index is 0.250. The van der Waals surface area contributed by atoms with Gasteiger partial charge in [0, 0.05) is 11.0 Å². The van der Waals surface area contributed by atoms with Crippen molar-refractivity contribution in [2.45, 2.75) is 55.2 Å². The third-order valence-corrected chi connectivity index (χ3v) is 4.72. The molecule has 0 amide bonds. The molecule has 2 rings (SSSR count). The SMILES string of the molecule is CCCCCCCCOc1cc(O)ccc1Sc1ccccc1. The molecule has 0 bridgehead atoms. The Labute approximate surface area is 143 Å². The number of ether oxygens (including phenoxy) is 1. The van der Waals surface area contributed by atoms with Gasteiger partial charge in [-0.05, 0) is 30.7 Å². The predicted octanol–water partition coefficient (Wildman–Crippen LogP) is 6.28. The van der Waals surface area contributed by atoms with E-state index in [-0.39, 0.29) is 5.75 Å². The first kappa shape index (κ1) is 17.7. The van der Waals surface area contributed by atoms with Gasteiger partial charge in [0.05, 0.1) is 11.5 Å². The van der Waals surface area contributed by atoms with Gasteiger partial charge in [-0.1, -0.05) is 69.0 Å². The Bertz CT molecular complexity index is 569. The molecule has 0 aliphatic carbocycles. The van der Waals surface area contributed by atoms with Gasteiger partial charge in [-0.25, -0.2) is 0 Å². The molecule has 0 saturated heterocycles. The first-order chi connectivity index (χ1) is 11.3. The molecule has 2 aromatic carbocycles. The van der Waals surface area contributed by atoms with Crippen LogP contribution in [0, 0.1) is 0 Å². The van der Waals surface area contributed by atoms with Crippen LogP contribution in [0.1, 0.15) is 45.4 Å². The van der Waals surface area contributed by atoms with Crippen molar-refractivity contribution in [2.75, 3.05) is 6.61 Å². The van der Waals surface area contributed by atoms with E-state index in [4.69, 9.17) is 4.74 Å². The third kappa shape index (κ3) is 6.57. The molecule has 3 heteroatoms. The molecule has 0 atom stereocenters. The number of aromatic hydroxyl groups is 1. The lowest BCUT2D eigenvalue weighted by atomic mass is 10.1. The summed E-state index contributed by atoms with van der Waals surface area (Å²) in [4.78, 5) is 2.21. The molecule has 0 unspecified atom stereocenters. The van der Waals surface area contributed by atoms with Crippen LogP contribution < -0.4 is 4.74 Å². The van der Waals surface area contributed by atoms with Crippen molar-refractivity contribution in [3.63, 3.8) is 0 Å². The number of phenols is 1. The maximum Gasteiger partial charge on any atom is 0.136 e. The fourth-order valence-electron chi connectivity index (χ4n) is 2.37. The van der Waals surface area contributed by atoms with Gasteiger partial charge in [-0.3, -0.25) is 0 Å². The zero-order chi connectivity index (χ0) is 16.3. The van der Waals surface area contributed by atoms with Gasteiger partial charge in [-0.15, -0.1) is 0 Å². The molecule has 0 spiro atoms. The van der Waals surface area contributed by atoms with E-state index in [1.807, 2.05) is 24.3 Å². The van der Waals surface area contributed by atoms with Crippen LogP contribution >= 0.6 is 11.8 Å². The molecule has 0 heterocycles. The van der Waals surface area contributed by atoms with Gasteiger partial charge in [-0.2, -0.15) is 0 Å². The first-order valence-corrected chi connectivity index (χ1v) is 9.30. The van der Waals surface area contributed by atoms with E-state index < -0.39 is 0 Å². The summed E-state index contributed by atoms with van der Waals surface area (Å²) in [7, 11) is 0. The highest BCUT2D eigenvalue weighted by Gasteiger charge is 2.07. The molecule has 0 saturated carbocycles. The summed E-state index contributed by atoms with van der Waals surface area (Å²) in [6.07, 6.45) is 7.47. The summed E-state index contributed by atoms with van der Waals surface area (Å²) in [5, 5.41) is 9.71. The van der Waals surface area contributed by atoms with Crippen LogP contribution in [0.5, 0.6) is 11.5 Å². The Morgan fingerprint density at radius 3 is 2.43 bits per heavy atom. The maximum absolute atomic E-state index is 9.71. The van der Waals surface area contributed by atoms with E-state index in [1.165, 1.54) is 37.0 Å². The molecule has 23 heavy (non-hydrogen) atoms. The summed E-state index contributed by atoms with van der Waals surface area (Å²) in [6, 6.07) is 15.6. The van der Waals surface area contributed by atoms with E-state index in [9.17, 15) is 5.11 Å². The summed E-state index contributed by atoms with van der Waals surface area (Å²) in [5.41, 5.74) is 0. The molecule has 0 radical (unpaired) electrons. The highest BCUT2D eigenvalue weighted by atomic mass is 32.2. The number of phenolic OH excluding ortho intramolecular Hbond substituents is 1. The average molecular weight is 330 g/mol. The number of hydrogen-bond donors (Lipinski definition) is 1. The quantitative estimate of drug-likeness (QED) is 0.520. The molecule has 0 aromatic heterocycles. The third-order valence-electron chi connectivity index (χ3n) is 3.65. The van der Waals surface area contributed by atoms with Crippen LogP contribution in [-0.2, 0) is 0 Å². The highest BCUT2D eigenvalue weighted by molar-refractivity contribution is 7.99. The van der Waals surface area contributed by atoms with Crippen molar-refractivity contribution in [1.82, 2.24) is 0 Å². The minimum Gasteiger partial charge on any atom is -0.508 e. The topological polar surface area (TPSA) is 29.5 Å². The number of benzene rings is 2. The van der Waals surface area contributed by atoms with E-state index in [2.05, 4.69) is 19.1 Å². The van der Waals surface area contributed by atoms with Crippen molar-refractivity contribution in [2.24, 2.45) is 0 Å². The van der Waals surface area contributed by atoms with Crippen molar-refractivity contribution >= 4 is 11.8 Å². The Morgan fingerprint density at radius 2 is 1.65 bits per heavy atom. The summed E-state index contributed by atoms with van der Waals surface area (Å²) >= 11 is 1.66. The average Bonchev–Trinajstić information content (AvgIpc) is 2.57. The Morgan fingerprint density at radius 1 is 0.913 bits per heavy atom. The van der Waals surface area contributed by atoms with Crippen molar-refractivity contribution < 1.29 is 9.84 Å². The molecule has 124 valence electrons. The maximum atomic E-state index is 9.71. The zero-order valence-corrected chi connectivity index (χ0v) is 14.6. The molecule has 0 aliphatic rings. The largest absolute Gasteiger partial charge is 0.508 e. The van der Waals surface area contributed by atoms with Gasteiger partial charge >= 0.3 is 0 Å². The summed E-state index contributed by atoms with van der Waals surface area (Å²) in [6.45, 7) is 2.94. The Kier molecular flexibility index (Phi) is 7.88. The lowest BCUT2D eigenvalue weighted by Gasteiger charge is -2.12. The standard InChI is InChI=1S/C20H26O2S/c1-2-3-4-5-6-10-15-22-19-16-17(21)13-14-20(19)23-18-11-8-7-9-12-18/h7-9,11-14,16,21H,2-6,10,15H2,1H3. The molecule has 0 aliphatic heterocycles. The number of rotatable bonds is 10. The Balaban J connectivity index is 1.86. The van der Waals surface area contributed by atoms with Gasteiger partial charge in [0.1, 0.15) is 11.5 Å². The van der Waals surface area contributed by atoms with E-state index >= 15 is 0 Å². The second-order valence-electron chi connectivity index (χ2n) is 5.66. The van der Waals surface area contributed by atoms with Gasteiger partial charge in [0.2, 0.25) is 0 Å². The van der Waals surface area contributed by atoms with Crippen molar-refractivity contribution in [1.29, 1.82) is 0 Å². The molecular formula is C20H26O2S. The van der Waals surface area contributed by atoms with Crippen LogP contribution in [0.2, 0.25) is 0 Å². The van der Waals surface area contributed by atoms with Gasteiger partial charge < -0.3 is 9.84 Å². The van der Waals surface area contributed by atoms with Crippen LogP contribution in [-0.4, -0.2) is 11.7 Å². The predicted molar refractivity (Wildman–Crippen MR) is 97.5 cm³/mol. The summed E-state index contributed by atoms with van der Waals surface area (Å²) < 4.78 is 5.92. The fourth-order valence-corrected chi connectivity index (χ4v) is 3.28. The zero-order valence-electron chi connectivity index (χ0n) is 13.8. The lowest BCUT2D eigenvalue weighted by Crippen LogP contribution is -1.98. The minimum atomic E-state index is 0.250. The molecule has 2 aromatic rings. The van der Waals surface area contributed by atoms with Crippen molar-refractivity contribution in [3.8, 4) is 11.5 Å². The van der Waals surface area contributed by atoms with Crippen molar-refractivity contribution in [3.05, 3.63) is 48.5 Å². The Hall–Kier alpha value is -1.61. The highest BCUT2D eigenvalue weighted by Crippen LogP contribution is 2.37. The first-order valence-electron chi connectivity index (χ1n) is 8.48. The van der Waals surface area contributed by atoms with Crippen LogP contribution in [0.3, 0.4) is 0 Å². The molecule has 0 fully saturated rings. The molecule has 2 nitrogen and oxygen atoms in total. The van der Waals surface area contributed by atoms with Crippen LogP contribution in [0.4, 0.5) is 0 Å². The lowest BCUT2D eigenvalue weighted by molar-refractivity contribution is 0.296. The molecular weight excluding hydrogens is 304 g/mol. The number of hydrogen-bond acceptors (Lipinski definition) is 3. The molecule has 1 N–H and O–H groups in total. The second-order valence-corrected chi connectivity index (χ2v) is 6.78. The smallest absolute Gasteiger partial charge is 0.136 e. The second kappa shape index (κ2) is 10.2. The van der Waals surface area contributed by atoms with E-state index in [0.717, 1.165) is 17.1 Å². The van der Waals surface area contributed by atoms with Crippen LogP contribution in [0.25, 0.3) is 0 Å². The van der Waals surface area contributed by atoms with Gasteiger partial charge in [0.25, 0.3) is 0 Å². The van der Waals surface area contributed by atoms with Crippen LogP contribution in [0.15, 0.2) is 58.3 Å². The fraction of sp³-hybridized carbons (Fsp3) is 0.400. The summed E-state index contributed by atoms with van der Waals surface area (Å²) in [5.74, 6) is 1.02. The van der Waals surface area contributed by atoms with Gasteiger partial charge in [0.15, 0.2) is 0 Å². The van der Waals surface area contributed by atoms with E-state index in [1.54, 1.807) is 23.9 Å².